The zero-order valence-electron chi connectivity index (χ0n) is 71.5. The van der Waals surface area contributed by atoms with E-state index in [-0.39, 0.29) is 130 Å². The second-order valence-corrected chi connectivity index (χ2v) is 47.9. The summed E-state index contributed by atoms with van der Waals surface area (Å²) in [4.78, 5) is 4.36. The lowest BCUT2D eigenvalue weighted by Gasteiger charge is -2.27. The van der Waals surface area contributed by atoms with Crippen molar-refractivity contribution in [1.29, 1.82) is 0 Å². The van der Waals surface area contributed by atoms with Gasteiger partial charge in [-0.25, -0.2) is 9.37 Å². The number of benzene rings is 6. The van der Waals surface area contributed by atoms with Gasteiger partial charge in [0.1, 0.15) is 81.8 Å². The minimum atomic E-state index is -4.53. The van der Waals surface area contributed by atoms with Gasteiger partial charge in [-0.3, -0.25) is 0 Å². The molecule has 7 aliphatic rings. The van der Waals surface area contributed by atoms with Crippen molar-refractivity contribution in [2.45, 2.75) is 245 Å². The molecule has 0 saturated carbocycles. The van der Waals surface area contributed by atoms with Crippen molar-refractivity contribution < 1.29 is 81.2 Å². The molecule has 0 aliphatic carbocycles. The number of nitrogens with zero attached hydrogens (tertiary/aromatic N) is 9. The summed E-state index contributed by atoms with van der Waals surface area (Å²) in [6.45, 7) is 41.0. The summed E-state index contributed by atoms with van der Waals surface area (Å²) in [6, 6.07) is 23.4. The molecule has 7 N–H and O–H groups in total. The van der Waals surface area contributed by atoms with E-state index in [2.05, 4.69) is 73.0 Å². The first-order valence-corrected chi connectivity index (χ1v) is 48.3. The van der Waals surface area contributed by atoms with Crippen LogP contribution in [0.5, 0.6) is 5.75 Å². The maximum atomic E-state index is 13.1. The minimum Gasteiger partial charge on any atom is -0.497 e. The Balaban J connectivity index is 0.000000752. The standard InChI is InChI=1S/C12H13F3N2O2S.C12H16N2O3S.C12H16N2O2S.C11H12Cl2N2O2S.C11H13ClN2O2S.C11H13FN2O2S.C9H14N4O2S.7CH4/c1-11(2,3)10-16-8-6-7(12(13,14)15)4-5-9(8)20(18,19)17-10;1-12(2,3)11-13-9-7-8(17-4)5-6-10(9)18(15,16)14-11;1-8-5-6-10-9(7-8)13-11(12(2,3)4)14-17(10,15)16;1-11(2,3)10-14-8-4-6(12)7(13)5-9(8)18(16,17)15-10;1-11(2,3)10-13-8-5-4-7(12)6-9(8)17(15,16)14-10;1-11(2,3)10-13-8-6-7(12)4-5-9(8)17(15,16)14-10;1-9(2,3)8-11-6-7(13(4)5-10-6)16(14,15)12-8;;;;;;;/h4-6H,1-3H3,(H,16,17);5-7H,1-4H3,(H,13,14);5-7H,1-4H3,(H,13,14);4-5H,1-3H3,(H,14,15);2*4-6H,1-3H3,(H,13,14);5H,1-4H3,(H,11,12);7*1H4. The second-order valence-electron chi connectivity index (χ2n) is 35.7. The third-order valence-electron chi connectivity index (χ3n) is 17.5. The molecule has 7 aromatic rings. The maximum Gasteiger partial charge on any atom is 0.416 e. The highest BCUT2D eigenvalue weighted by molar-refractivity contribution is 7.92. The van der Waals surface area contributed by atoms with Crippen molar-refractivity contribution in [2.24, 2.45) is 75.7 Å². The molecule has 8 heterocycles. The first kappa shape index (κ1) is 119. The summed E-state index contributed by atoms with van der Waals surface area (Å²) >= 11 is 17.5. The molecule has 0 atom stereocenters. The van der Waals surface area contributed by atoms with Gasteiger partial charge in [-0.05, 0) is 103 Å². The topological polar surface area (TPSA) is 437 Å². The lowest BCUT2D eigenvalue weighted by molar-refractivity contribution is -0.137. The Bertz CT molecular complexity index is 6410. The van der Waals surface area contributed by atoms with Gasteiger partial charge in [-0.1, -0.05) is 238 Å². The molecule has 7 aliphatic heterocycles. The Hall–Kier alpha value is -9.14. The van der Waals surface area contributed by atoms with Gasteiger partial charge in [0, 0.05) is 56.0 Å². The van der Waals surface area contributed by atoms with Crippen LogP contribution in [0.4, 0.5) is 57.5 Å². The molecule has 14 rings (SSSR count). The number of methoxy groups -OCH3 is 1. The Morgan fingerprint density at radius 3 is 0.992 bits per heavy atom. The number of aryl methyl sites for hydroxylation is 2. The molecule has 130 heavy (non-hydrogen) atoms. The number of fused-ring (bicyclic) bond motifs is 7. The van der Waals surface area contributed by atoms with Crippen LogP contribution in [-0.2, 0) is 83.4 Å². The third kappa shape index (κ3) is 28.7. The highest BCUT2D eigenvalue weighted by Gasteiger charge is 2.40. The number of imidazole rings is 1. The lowest BCUT2D eigenvalue weighted by atomic mass is 9.95. The fraction of sp³-hybridized carbons (Fsp3) is 0.459. The van der Waals surface area contributed by atoms with Crippen LogP contribution in [0, 0.1) is 50.6 Å². The van der Waals surface area contributed by atoms with E-state index < -0.39 is 104 Å². The van der Waals surface area contributed by atoms with Gasteiger partial charge in [-0.15, -0.1) is 30.8 Å². The van der Waals surface area contributed by atoms with Crippen LogP contribution in [0.2, 0.25) is 15.1 Å². The number of aromatic nitrogens is 2. The maximum absolute atomic E-state index is 13.1. The summed E-state index contributed by atoms with van der Waals surface area (Å²) in [5, 5.41) is 21.7. The van der Waals surface area contributed by atoms with E-state index >= 15 is 0 Å². The van der Waals surface area contributed by atoms with Crippen LogP contribution in [0.25, 0.3) is 0 Å². The molecular formula is C85H125Cl3F4N16O15S7. The first-order valence-electron chi connectivity index (χ1n) is 37.0. The molecule has 0 spiro atoms. The van der Waals surface area contributed by atoms with Crippen LogP contribution < -0.4 is 42.0 Å². The highest BCUT2D eigenvalue weighted by atomic mass is 35.5. The Morgan fingerprint density at radius 1 is 0.331 bits per heavy atom. The Kier molecular flexibility index (Phi) is 38.0. The van der Waals surface area contributed by atoms with Gasteiger partial charge in [0.25, 0.3) is 60.1 Å². The number of anilines is 7. The average Bonchev–Trinajstić information content (AvgIpc) is 1.55. The predicted molar refractivity (Wildman–Crippen MR) is 524 cm³/mol. The molecule has 0 amide bonds. The molecule has 6 aromatic carbocycles. The van der Waals surface area contributed by atoms with E-state index in [0.29, 0.717) is 79.4 Å². The number of amidine groups is 7. The number of rotatable bonds is 1. The highest BCUT2D eigenvalue weighted by Crippen LogP contribution is 2.43. The van der Waals surface area contributed by atoms with Crippen LogP contribution in [0.3, 0.4) is 0 Å². The summed E-state index contributed by atoms with van der Waals surface area (Å²) in [5.74, 6) is 3.05. The van der Waals surface area contributed by atoms with Crippen LogP contribution in [0.1, 0.15) is 209 Å². The average molecular weight is 2020 g/mol. The number of alkyl halides is 3. The van der Waals surface area contributed by atoms with Gasteiger partial charge in [0.2, 0.25) is 5.03 Å². The summed E-state index contributed by atoms with van der Waals surface area (Å²) in [5.41, 5.74) is -0.583. The molecule has 726 valence electrons. The van der Waals surface area contributed by atoms with Gasteiger partial charge >= 0.3 is 16.2 Å². The molecule has 0 fully saturated rings. The van der Waals surface area contributed by atoms with E-state index in [4.69, 9.17) is 39.5 Å². The van der Waals surface area contributed by atoms with E-state index in [1.807, 2.05) is 138 Å². The monoisotopic (exact) mass is 2010 g/mol. The summed E-state index contributed by atoms with van der Waals surface area (Å²) in [7, 11) is -22.8. The van der Waals surface area contributed by atoms with E-state index in [1.54, 1.807) is 64.2 Å². The van der Waals surface area contributed by atoms with Crippen LogP contribution in [-0.4, -0.2) is 116 Å². The second kappa shape index (κ2) is 41.6. The van der Waals surface area contributed by atoms with Gasteiger partial charge in [0.05, 0.1) is 63.2 Å². The number of hydrogen-bond donors (Lipinski definition) is 7. The number of hydrogen-bond acceptors (Lipinski definition) is 23. The summed E-state index contributed by atoms with van der Waals surface area (Å²) < 4.78 is 252. The van der Waals surface area contributed by atoms with E-state index in [9.17, 15) is 76.5 Å². The van der Waals surface area contributed by atoms with Crippen molar-refractivity contribution in [3.05, 3.63) is 141 Å². The largest absolute Gasteiger partial charge is 0.497 e. The molecule has 1 aromatic heterocycles. The van der Waals surface area contributed by atoms with Gasteiger partial charge in [-0.2, -0.15) is 72.1 Å². The van der Waals surface area contributed by atoms with Crippen molar-refractivity contribution in [3.63, 3.8) is 0 Å². The third-order valence-corrected chi connectivity index (χ3v) is 27.9. The van der Waals surface area contributed by atoms with Crippen molar-refractivity contribution in [2.75, 3.05) is 44.3 Å². The fourth-order valence-electron chi connectivity index (χ4n) is 10.7. The molecule has 0 radical (unpaired) electrons. The Labute approximate surface area is 782 Å². The first-order chi connectivity index (χ1) is 55.6. The normalized spacial score (nSPS) is 17.0. The van der Waals surface area contributed by atoms with E-state index in [1.165, 1.54) is 48.3 Å². The molecule has 0 bridgehead atoms. The van der Waals surface area contributed by atoms with E-state index in [0.717, 1.165) is 35.9 Å². The molecule has 0 unspecified atom stereocenters. The van der Waals surface area contributed by atoms with Crippen molar-refractivity contribution in [3.8, 4) is 5.75 Å². The van der Waals surface area contributed by atoms with Crippen LogP contribution in [0.15, 0.2) is 175 Å². The molecule has 31 nitrogen and oxygen atoms in total. The SMILES string of the molecule is C.C.C.C.C.C.C.CC(C)(C)C1=NS(=O)(=O)c2cc(Cl)c(Cl)cc2N1.CC(C)(C)C1=NS(=O)(=O)c2cc(Cl)ccc2N1.CC(C)(C)C1=NS(=O)(=O)c2ccc(C(F)(F)F)cc2N1.CC(C)(C)C1=NS(=O)(=O)c2ccc(F)cc2N1.COc1ccc2c(c1)NC(C(C)(C)C)=NS2(=O)=O.Cc1ccc2c(c1)NC(C(C)(C)C)=NS2(=O)=O.Cn1cnc2c1S(=O)(=O)N=C(C(C)(C)C)N2. The zero-order chi connectivity index (χ0) is 93.3. The lowest BCUT2D eigenvalue weighted by Crippen LogP contribution is -2.33. The fourth-order valence-corrected chi connectivity index (χ4v) is 20.6. The number of sulfonamides is 7. The Morgan fingerprint density at radius 2 is 0.623 bits per heavy atom. The number of nitrogens with one attached hydrogen (secondary N) is 7. The molecular weight excluding hydrogens is 1890 g/mol. The predicted octanol–water partition coefficient (Wildman–Crippen LogP) is 22.3. The summed E-state index contributed by atoms with van der Waals surface area (Å²) in [6.07, 6.45) is -3.08. The minimum absolute atomic E-state index is 0. The smallest absolute Gasteiger partial charge is 0.416 e. The van der Waals surface area contributed by atoms with Crippen molar-refractivity contribution >= 4 is 186 Å². The van der Waals surface area contributed by atoms with Crippen molar-refractivity contribution in [1.82, 2.24) is 9.55 Å². The number of halogens is 7. The van der Waals surface area contributed by atoms with Gasteiger partial charge < -0.3 is 46.5 Å². The van der Waals surface area contributed by atoms with Crippen LogP contribution >= 0.6 is 34.8 Å². The van der Waals surface area contributed by atoms with Gasteiger partial charge in [0.15, 0.2) is 5.82 Å². The quantitative estimate of drug-likeness (QED) is 0.0751. The zero-order valence-corrected chi connectivity index (χ0v) is 79.5. The molecule has 0 saturated heterocycles. The number of ether oxygens (including phenoxy) is 1. The molecule has 45 heteroatoms.